The van der Waals surface area contributed by atoms with Crippen LogP contribution in [0.3, 0.4) is 0 Å². The summed E-state index contributed by atoms with van der Waals surface area (Å²) in [4.78, 5) is 0. The van der Waals surface area contributed by atoms with Crippen LogP contribution in [0.15, 0.2) is 29.0 Å². The highest BCUT2D eigenvalue weighted by Crippen LogP contribution is 2.25. The molecule has 0 aromatic carbocycles. The van der Waals surface area contributed by atoms with Gasteiger partial charge in [-0.1, -0.05) is 0 Å². The summed E-state index contributed by atoms with van der Waals surface area (Å²) in [6, 6.07) is 3.50. The lowest BCUT2D eigenvalue weighted by Gasteiger charge is -2.05. The molecule has 0 aliphatic carbocycles. The van der Waals surface area contributed by atoms with Gasteiger partial charge in [0.15, 0.2) is 11.5 Å². The number of hydrogen-bond donors (Lipinski definition) is 2. The molecule has 2 aromatic heterocycles. The highest BCUT2D eigenvalue weighted by molar-refractivity contribution is 6.02. The number of nitrogen functional groups attached to an aromatic ring is 1. The average Bonchev–Trinajstić information content (AvgIpc) is 2.70. The molecule has 0 spiro atoms. The molecule has 0 atom stereocenters. The highest BCUT2D eigenvalue weighted by Gasteiger charge is 2.12. The second kappa shape index (κ2) is 3.53. The van der Waals surface area contributed by atoms with Crippen molar-refractivity contribution in [2.75, 3.05) is 5.73 Å². The average molecular weight is 202 g/mol. The predicted octanol–water partition coefficient (Wildman–Crippen LogP) is 1.71. The van der Waals surface area contributed by atoms with Gasteiger partial charge >= 0.3 is 0 Å². The molecule has 3 N–H and O–H groups in total. The molecule has 2 rings (SSSR count). The third-order valence-electron chi connectivity index (χ3n) is 2.05. The van der Waals surface area contributed by atoms with Crippen molar-refractivity contribution >= 4 is 11.4 Å². The number of furan rings is 1. The van der Waals surface area contributed by atoms with Crippen molar-refractivity contribution in [1.29, 1.82) is 5.41 Å². The standard InChI is InChI=1S/C10H10N4O/c1-6(11)7-5-13-14-10(9(7)12)8-3-2-4-15-8/h2-5,11H,1H3,(H2,12,13). The third-order valence-corrected chi connectivity index (χ3v) is 2.05. The molecule has 76 valence electrons. The Labute approximate surface area is 86.4 Å². The molecule has 0 radical (unpaired) electrons. The first-order valence-electron chi connectivity index (χ1n) is 4.40. The molecule has 0 aliphatic rings. The Hall–Kier alpha value is -2.17. The Bertz CT molecular complexity index is 490. The Morgan fingerprint density at radius 3 is 2.93 bits per heavy atom. The van der Waals surface area contributed by atoms with E-state index >= 15 is 0 Å². The summed E-state index contributed by atoms with van der Waals surface area (Å²) in [5, 5.41) is 15.2. The van der Waals surface area contributed by atoms with Crippen molar-refractivity contribution in [1.82, 2.24) is 10.2 Å². The van der Waals surface area contributed by atoms with Gasteiger partial charge in [-0.3, -0.25) is 0 Å². The fraction of sp³-hybridized carbons (Fsp3) is 0.100. The smallest absolute Gasteiger partial charge is 0.156 e. The van der Waals surface area contributed by atoms with Gasteiger partial charge < -0.3 is 15.6 Å². The molecule has 0 bridgehead atoms. The van der Waals surface area contributed by atoms with Gasteiger partial charge in [-0.2, -0.15) is 5.10 Å². The summed E-state index contributed by atoms with van der Waals surface area (Å²) in [5.74, 6) is 0.558. The van der Waals surface area contributed by atoms with Crippen LogP contribution in [0.25, 0.3) is 11.5 Å². The molecule has 0 unspecified atom stereocenters. The molecular formula is C10H10N4O. The van der Waals surface area contributed by atoms with Crippen LogP contribution in [-0.2, 0) is 0 Å². The van der Waals surface area contributed by atoms with E-state index in [0.29, 0.717) is 28.4 Å². The van der Waals surface area contributed by atoms with Gasteiger partial charge in [0.1, 0.15) is 0 Å². The lowest BCUT2D eigenvalue weighted by atomic mass is 10.1. The molecule has 5 heteroatoms. The van der Waals surface area contributed by atoms with Gasteiger partial charge in [0.05, 0.1) is 18.1 Å². The molecule has 0 aliphatic heterocycles. The minimum atomic E-state index is 0.357. The second-order valence-corrected chi connectivity index (χ2v) is 3.12. The maximum absolute atomic E-state index is 7.52. The van der Waals surface area contributed by atoms with Crippen LogP contribution in [0.4, 0.5) is 5.69 Å². The molecule has 0 amide bonds. The summed E-state index contributed by atoms with van der Waals surface area (Å²) >= 11 is 0. The zero-order valence-electron chi connectivity index (χ0n) is 8.19. The Morgan fingerprint density at radius 1 is 1.53 bits per heavy atom. The number of nitrogens with two attached hydrogens (primary N) is 1. The van der Waals surface area contributed by atoms with Crippen molar-refractivity contribution in [2.24, 2.45) is 0 Å². The van der Waals surface area contributed by atoms with Crippen molar-refractivity contribution in [2.45, 2.75) is 6.92 Å². The van der Waals surface area contributed by atoms with E-state index < -0.39 is 0 Å². The maximum Gasteiger partial charge on any atom is 0.156 e. The molecular weight excluding hydrogens is 192 g/mol. The monoisotopic (exact) mass is 202 g/mol. The van der Waals surface area contributed by atoms with Gasteiger partial charge in [0, 0.05) is 11.3 Å². The largest absolute Gasteiger partial charge is 0.463 e. The normalized spacial score (nSPS) is 10.2. The number of aromatic nitrogens is 2. The molecule has 0 fully saturated rings. The first-order valence-corrected chi connectivity index (χ1v) is 4.40. The molecule has 0 saturated carbocycles. The van der Waals surface area contributed by atoms with Crippen LogP contribution in [0, 0.1) is 5.41 Å². The summed E-state index contributed by atoms with van der Waals surface area (Å²) in [6.07, 6.45) is 3.02. The van der Waals surface area contributed by atoms with E-state index in [2.05, 4.69) is 10.2 Å². The lowest BCUT2D eigenvalue weighted by Crippen LogP contribution is -2.04. The van der Waals surface area contributed by atoms with Crippen LogP contribution in [0.1, 0.15) is 12.5 Å². The van der Waals surface area contributed by atoms with E-state index in [1.165, 1.54) is 6.20 Å². The van der Waals surface area contributed by atoms with Crippen molar-refractivity contribution in [3.05, 3.63) is 30.2 Å². The first-order chi connectivity index (χ1) is 7.20. The second-order valence-electron chi connectivity index (χ2n) is 3.12. The lowest BCUT2D eigenvalue weighted by molar-refractivity contribution is 0.579. The van der Waals surface area contributed by atoms with Gasteiger partial charge in [-0.05, 0) is 19.1 Å². The quantitative estimate of drug-likeness (QED) is 0.725. The minimum absolute atomic E-state index is 0.357. The van der Waals surface area contributed by atoms with Crippen LogP contribution in [-0.4, -0.2) is 15.9 Å². The van der Waals surface area contributed by atoms with Crippen LogP contribution in [0.5, 0.6) is 0 Å². The molecule has 2 heterocycles. The number of nitrogens with zero attached hydrogens (tertiary/aromatic N) is 2. The van der Waals surface area contributed by atoms with E-state index in [1.807, 2.05) is 0 Å². The molecule has 15 heavy (non-hydrogen) atoms. The maximum atomic E-state index is 7.52. The fourth-order valence-corrected chi connectivity index (χ4v) is 1.29. The van der Waals surface area contributed by atoms with Gasteiger partial charge in [-0.15, -0.1) is 5.10 Å². The van der Waals surface area contributed by atoms with Gasteiger partial charge in [-0.25, -0.2) is 0 Å². The van der Waals surface area contributed by atoms with E-state index in [4.69, 9.17) is 15.6 Å². The molecule has 5 nitrogen and oxygen atoms in total. The fourth-order valence-electron chi connectivity index (χ4n) is 1.29. The van der Waals surface area contributed by atoms with Crippen molar-refractivity contribution in [3.8, 4) is 11.5 Å². The van der Waals surface area contributed by atoms with E-state index in [9.17, 15) is 0 Å². The van der Waals surface area contributed by atoms with Gasteiger partial charge in [0.2, 0.25) is 0 Å². The first kappa shape index (κ1) is 9.39. The Kier molecular flexibility index (Phi) is 2.21. The molecule has 0 saturated heterocycles. The Morgan fingerprint density at radius 2 is 2.33 bits per heavy atom. The number of hydrogen-bond acceptors (Lipinski definition) is 5. The predicted molar refractivity (Wildman–Crippen MR) is 56.6 cm³/mol. The van der Waals surface area contributed by atoms with Crippen molar-refractivity contribution < 1.29 is 4.42 Å². The summed E-state index contributed by atoms with van der Waals surface area (Å²) in [6.45, 7) is 1.65. The van der Waals surface area contributed by atoms with E-state index in [1.54, 1.807) is 25.3 Å². The SMILES string of the molecule is CC(=N)c1cnnc(-c2ccco2)c1N. The topological polar surface area (TPSA) is 88.8 Å². The highest BCUT2D eigenvalue weighted by atomic mass is 16.3. The number of nitrogens with one attached hydrogen (secondary N) is 1. The number of anilines is 1. The third kappa shape index (κ3) is 1.59. The van der Waals surface area contributed by atoms with E-state index in [0.717, 1.165) is 0 Å². The van der Waals surface area contributed by atoms with Crippen LogP contribution in [0.2, 0.25) is 0 Å². The Balaban J connectivity index is 2.59. The minimum Gasteiger partial charge on any atom is -0.463 e. The van der Waals surface area contributed by atoms with Gasteiger partial charge in [0.25, 0.3) is 0 Å². The summed E-state index contributed by atoms with van der Waals surface area (Å²) in [5.41, 5.74) is 7.71. The van der Waals surface area contributed by atoms with Crippen molar-refractivity contribution in [3.63, 3.8) is 0 Å². The summed E-state index contributed by atoms with van der Waals surface area (Å²) in [7, 11) is 0. The zero-order valence-corrected chi connectivity index (χ0v) is 8.19. The van der Waals surface area contributed by atoms with Crippen LogP contribution < -0.4 is 5.73 Å². The molecule has 2 aromatic rings. The van der Waals surface area contributed by atoms with Crippen LogP contribution >= 0.6 is 0 Å². The number of rotatable bonds is 2. The van der Waals surface area contributed by atoms with E-state index in [-0.39, 0.29) is 0 Å². The summed E-state index contributed by atoms with van der Waals surface area (Å²) < 4.78 is 5.18. The zero-order chi connectivity index (χ0) is 10.8.